The lowest BCUT2D eigenvalue weighted by Gasteiger charge is -2.57. The molecule has 4 bridgehead atoms. The van der Waals surface area contributed by atoms with Crippen LogP contribution in [0.5, 0.6) is 0 Å². The van der Waals surface area contributed by atoms with Crippen molar-refractivity contribution in [3.8, 4) is 0 Å². The predicted molar refractivity (Wildman–Crippen MR) is 115 cm³/mol. The van der Waals surface area contributed by atoms with E-state index in [4.69, 9.17) is 0 Å². The number of benzene rings is 1. The van der Waals surface area contributed by atoms with Gasteiger partial charge in [-0.25, -0.2) is 0 Å². The Hall–Kier alpha value is -2.15. The molecule has 0 unspecified atom stereocenters. The van der Waals surface area contributed by atoms with E-state index in [-0.39, 0.29) is 16.5 Å². The van der Waals surface area contributed by atoms with Crippen LogP contribution in [-0.2, 0) is 4.79 Å². The molecule has 4 saturated carbocycles. The first kappa shape index (κ1) is 19.8. The van der Waals surface area contributed by atoms with Crippen LogP contribution in [0, 0.1) is 33.3 Å². The molecule has 1 heterocycles. The van der Waals surface area contributed by atoms with Gasteiger partial charge < -0.3 is 10.2 Å². The Labute approximate surface area is 177 Å². The molecule has 5 fully saturated rings. The summed E-state index contributed by atoms with van der Waals surface area (Å²) in [7, 11) is 0. The van der Waals surface area contributed by atoms with E-state index in [1.807, 2.05) is 12.1 Å². The number of amides is 1. The highest BCUT2D eigenvalue weighted by molar-refractivity contribution is 5.78. The summed E-state index contributed by atoms with van der Waals surface area (Å²) in [6, 6.07) is 6.73. The van der Waals surface area contributed by atoms with Gasteiger partial charge in [-0.1, -0.05) is 0 Å². The lowest BCUT2D eigenvalue weighted by atomic mass is 9.49. The number of nitro groups is 1. The molecule has 1 N–H and O–H groups in total. The zero-order valence-corrected chi connectivity index (χ0v) is 17.6. The van der Waals surface area contributed by atoms with Gasteiger partial charge in [0, 0.05) is 50.5 Å². The maximum absolute atomic E-state index is 12.6. The van der Waals surface area contributed by atoms with Gasteiger partial charge in [0.1, 0.15) is 0 Å². The molecule has 0 spiro atoms. The number of non-ortho nitro benzene ring substituents is 1. The second-order valence-corrected chi connectivity index (χ2v) is 10.2. The Kier molecular flexibility index (Phi) is 5.17. The molecule has 162 valence electrons. The molecule has 1 saturated heterocycles. The summed E-state index contributed by atoms with van der Waals surface area (Å²) in [5, 5.41) is 14.1. The average Bonchev–Trinajstić information content (AvgIpc) is 2.72. The zero-order chi connectivity index (χ0) is 20.7. The number of nitro benzene ring substituents is 1. The molecular weight excluding hydrogens is 380 g/mol. The third kappa shape index (κ3) is 4.04. The highest BCUT2D eigenvalue weighted by atomic mass is 16.6. The molecule has 5 aliphatic rings. The molecule has 1 aliphatic heterocycles. The topological polar surface area (TPSA) is 78.7 Å². The Morgan fingerprint density at radius 3 is 2.10 bits per heavy atom. The molecule has 1 amide bonds. The molecular formula is C23H32N4O3. The Morgan fingerprint density at radius 2 is 1.57 bits per heavy atom. The van der Waals surface area contributed by atoms with E-state index in [9.17, 15) is 14.9 Å². The lowest BCUT2D eigenvalue weighted by molar-refractivity contribution is -0.384. The molecule has 0 atom stereocenters. The van der Waals surface area contributed by atoms with Gasteiger partial charge in [0.05, 0.1) is 11.5 Å². The summed E-state index contributed by atoms with van der Waals surface area (Å²) < 4.78 is 0. The molecule has 1 aromatic carbocycles. The Morgan fingerprint density at radius 1 is 1.00 bits per heavy atom. The summed E-state index contributed by atoms with van der Waals surface area (Å²) in [4.78, 5) is 27.5. The number of nitrogens with one attached hydrogen (secondary N) is 1. The average molecular weight is 413 g/mol. The van der Waals surface area contributed by atoms with Gasteiger partial charge in [0.2, 0.25) is 5.91 Å². The van der Waals surface area contributed by atoms with E-state index >= 15 is 0 Å². The Bertz CT molecular complexity index is 766. The monoisotopic (exact) mass is 412 g/mol. The van der Waals surface area contributed by atoms with Gasteiger partial charge in [-0.15, -0.1) is 0 Å². The van der Waals surface area contributed by atoms with Crippen molar-refractivity contribution in [3.05, 3.63) is 34.4 Å². The van der Waals surface area contributed by atoms with Crippen LogP contribution in [0.25, 0.3) is 0 Å². The fraction of sp³-hybridized carbons (Fsp3) is 0.696. The van der Waals surface area contributed by atoms with Crippen LogP contribution in [-0.4, -0.2) is 55.0 Å². The number of anilines is 1. The Balaban J connectivity index is 1.08. The third-order valence-corrected chi connectivity index (χ3v) is 7.99. The van der Waals surface area contributed by atoms with Crippen LogP contribution in [0.4, 0.5) is 11.4 Å². The third-order valence-electron chi connectivity index (χ3n) is 7.99. The van der Waals surface area contributed by atoms with Crippen LogP contribution < -0.4 is 10.2 Å². The minimum atomic E-state index is -0.371. The van der Waals surface area contributed by atoms with Crippen LogP contribution >= 0.6 is 0 Å². The quantitative estimate of drug-likeness (QED) is 0.574. The summed E-state index contributed by atoms with van der Waals surface area (Å²) in [6.45, 7) is 4.68. The summed E-state index contributed by atoms with van der Waals surface area (Å²) in [6.07, 6.45) is 8.29. The van der Waals surface area contributed by atoms with Gasteiger partial charge in [-0.2, -0.15) is 0 Å². The minimum absolute atomic E-state index is 0.119. The number of rotatable bonds is 6. The minimum Gasteiger partial charge on any atom is -0.369 e. The van der Waals surface area contributed by atoms with Gasteiger partial charge >= 0.3 is 0 Å². The van der Waals surface area contributed by atoms with Crippen molar-refractivity contribution < 1.29 is 9.72 Å². The second-order valence-electron chi connectivity index (χ2n) is 10.2. The van der Waals surface area contributed by atoms with Crippen LogP contribution in [0.3, 0.4) is 0 Å². The van der Waals surface area contributed by atoms with E-state index in [2.05, 4.69) is 15.1 Å². The molecule has 7 nitrogen and oxygen atoms in total. The van der Waals surface area contributed by atoms with Crippen LogP contribution in [0.1, 0.15) is 38.5 Å². The van der Waals surface area contributed by atoms with Gasteiger partial charge in [0.25, 0.3) is 5.69 Å². The largest absolute Gasteiger partial charge is 0.369 e. The molecule has 0 aromatic heterocycles. The smallest absolute Gasteiger partial charge is 0.269 e. The highest BCUT2D eigenvalue weighted by Crippen LogP contribution is 2.59. The van der Waals surface area contributed by atoms with E-state index in [0.29, 0.717) is 12.0 Å². The van der Waals surface area contributed by atoms with Crippen molar-refractivity contribution in [1.29, 1.82) is 0 Å². The summed E-state index contributed by atoms with van der Waals surface area (Å²) in [5.74, 6) is 2.91. The number of hydrogen-bond acceptors (Lipinski definition) is 5. The molecule has 6 rings (SSSR count). The van der Waals surface area contributed by atoms with Gasteiger partial charge in [-0.3, -0.25) is 19.8 Å². The number of nitrogens with zero attached hydrogens (tertiary/aromatic N) is 3. The fourth-order valence-corrected chi connectivity index (χ4v) is 7.00. The lowest BCUT2D eigenvalue weighted by Crippen LogP contribution is -2.53. The molecule has 1 aromatic rings. The van der Waals surface area contributed by atoms with Crippen molar-refractivity contribution >= 4 is 17.3 Å². The van der Waals surface area contributed by atoms with E-state index in [1.54, 1.807) is 12.1 Å². The number of piperazine rings is 1. The van der Waals surface area contributed by atoms with Crippen LogP contribution in [0.2, 0.25) is 0 Å². The first-order valence-corrected chi connectivity index (χ1v) is 11.5. The van der Waals surface area contributed by atoms with Crippen LogP contribution in [0.15, 0.2) is 24.3 Å². The molecule has 30 heavy (non-hydrogen) atoms. The first-order valence-electron chi connectivity index (χ1n) is 11.5. The first-order chi connectivity index (χ1) is 14.5. The predicted octanol–water partition coefficient (Wildman–Crippen LogP) is 3.05. The SMILES string of the molecule is O=C(CN1CCN(c2ccc([N+](=O)[O-])cc2)CC1)NCC12CC3CC(CC(C3)C1)C2. The van der Waals surface area contributed by atoms with Crippen molar-refractivity contribution in [2.45, 2.75) is 38.5 Å². The van der Waals surface area contributed by atoms with E-state index < -0.39 is 0 Å². The molecule has 4 aliphatic carbocycles. The maximum Gasteiger partial charge on any atom is 0.269 e. The maximum atomic E-state index is 12.6. The number of hydrogen-bond donors (Lipinski definition) is 1. The zero-order valence-electron chi connectivity index (χ0n) is 17.6. The van der Waals surface area contributed by atoms with Crippen molar-refractivity contribution in [3.63, 3.8) is 0 Å². The fourth-order valence-electron chi connectivity index (χ4n) is 7.00. The molecule has 7 heteroatoms. The van der Waals surface area contributed by atoms with Gasteiger partial charge in [0.15, 0.2) is 0 Å². The van der Waals surface area contributed by atoms with E-state index in [0.717, 1.165) is 56.2 Å². The van der Waals surface area contributed by atoms with Crippen molar-refractivity contribution in [2.24, 2.45) is 23.2 Å². The molecule has 0 radical (unpaired) electrons. The van der Waals surface area contributed by atoms with Crippen molar-refractivity contribution in [1.82, 2.24) is 10.2 Å². The number of carbonyl (C=O) groups excluding carboxylic acids is 1. The number of carbonyl (C=O) groups is 1. The summed E-state index contributed by atoms with van der Waals surface area (Å²) >= 11 is 0. The highest BCUT2D eigenvalue weighted by Gasteiger charge is 2.50. The normalized spacial score (nSPS) is 32.9. The van der Waals surface area contributed by atoms with E-state index in [1.165, 1.54) is 38.5 Å². The standard InChI is InChI=1S/C23H32N4O3/c28-22(24-16-23-12-17-9-18(13-23)11-19(10-17)14-23)15-25-5-7-26(8-6-25)20-1-3-21(4-2-20)27(29)30/h1-4,17-19H,5-16H2,(H,24,28). The van der Waals surface area contributed by atoms with Gasteiger partial charge in [-0.05, 0) is 73.8 Å². The summed E-state index contributed by atoms with van der Waals surface area (Å²) in [5.41, 5.74) is 1.51. The second kappa shape index (κ2) is 7.84. The van der Waals surface area contributed by atoms with Crippen molar-refractivity contribution in [2.75, 3.05) is 44.2 Å².